The van der Waals surface area contributed by atoms with Gasteiger partial charge in [0.05, 0.1) is 0 Å². The Kier molecular flexibility index (Phi) is 1.36. The van der Waals surface area contributed by atoms with Crippen LogP contribution in [0.2, 0.25) is 1.41 Å². The van der Waals surface area contributed by atoms with Crippen molar-refractivity contribution in [3.63, 3.8) is 0 Å². The van der Waals surface area contributed by atoms with Crippen LogP contribution in [0.4, 0.5) is 0 Å². The number of nitrogens with two attached hydrogens (primary N) is 2. The van der Waals surface area contributed by atoms with Crippen LogP contribution in [0, 0.1) is 0 Å². The maximum absolute atomic E-state index is 6.40. The molecule has 0 bridgehead atoms. The predicted molar refractivity (Wildman–Crippen MR) is 22.7 cm³/mol. The third kappa shape index (κ3) is 3.92. The SMILES string of the molecule is [3H]NCC(C)N. The third-order valence-electron chi connectivity index (χ3n) is 0.322. The highest BCUT2D eigenvalue weighted by atomic mass is 14.7. The van der Waals surface area contributed by atoms with Crippen LogP contribution in [0.15, 0.2) is 0 Å². The van der Waals surface area contributed by atoms with Crippen molar-refractivity contribution in [1.82, 2.24) is 0 Å². The first-order valence-corrected chi connectivity index (χ1v) is 1.67. The average molecular weight is 76.1 g/mol. The first-order chi connectivity index (χ1) is 2.77. The average Bonchev–Trinajstić information content (AvgIpc) is 1.35. The van der Waals surface area contributed by atoms with E-state index in [1.807, 2.05) is 6.92 Å². The van der Waals surface area contributed by atoms with Crippen LogP contribution in [0.5, 0.6) is 0 Å². The van der Waals surface area contributed by atoms with Crippen molar-refractivity contribution >= 4 is 0 Å². The Morgan fingerprint density at radius 2 is 2.80 bits per heavy atom. The molecule has 0 heterocycles. The lowest BCUT2D eigenvalue weighted by Crippen LogP contribution is -2.25. The van der Waals surface area contributed by atoms with Gasteiger partial charge in [-0.05, 0) is 6.92 Å². The molecule has 0 aromatic carbocycles. The molecule has 0 amide bonds. The topological polar surface area (TPSA) is 52.0 Å². The zero-order valence-electron chi connectivity index (χ0n) is 4.36. The minimum absolute atomic E-state index is 0.0995. The van der Waals surface area contributed by atoms with Gasteiger partial charge in [-0.3, -0.25) is 0 Å². The summed E-state index contributed by atoms with van der Waals surface area (Å²) in [5.74, 6) is 0. The monoisotopic (exact) mass is 76.1 g/mol. The lowest BCUT2D eigenvalue weighted by molar-refractivity contribution is 0.752. The third-order valence-corrected chi connectivity index (χ3v) is 0.322. The highest BCUT2D eigenvalue weighted by Crippen LogP contribution is 1.59. The molecule has 0 aliphatic carbocycles. The summed E-state index contributed by atoms with van der Waals surface area (Å²) in [4.78, 5) is 0. The van der Waals surface area contributed by atoms with Gasteiger partial charge in [-0.1, -0.05) is 0 Å². The van der Waals surface area contributed by atoms with E-state index in [4.69, 9.17) is 7.15 Å². The zero-order chi connectivity index (χ0) is 4.99. The lowest BCUT2D eigenvalue weighted by Gasteiger charge is -1.92. The van der Waals surface area contributed by atoms with Crippen molar-refractivity contribution in [2.75, 3.05) is 6.54 Å². The second-order valence-electron chi connectivity index (χ2n) is 1.18. The number of hydrogen-bond acceptors (Lipinski definition) is 2. The molecule has 2 nitrogen and oxygen atoms in total. The maximum Gasteiger partial charge on any atom is 0.118 e. The van der Waals surface area contributed by atoms with Crippen LogP contribution in [-0.2, 0) is 0 Å². The van der Waals surface area contributed by atoms with Gasteiger partial charge in [-0.15, -0.1) is 0 Å². The van der Waals surface area contributed by atoms with Crippen LogP contribution >= 0.6 is 0 Å². The molecule has 1 atom stereocenters. The second kappa shape index (κ2) is 2.18. The molecule has 0 aliphatic rings. The fourth-order valence-electron chi connectivity index (χ4n) is 0. The molecule has 0 rings (SSSR count). The quantitative estimate of drug-likeness (QED) is 0.456. The molecule has 32 valence electrons. The van der Waals surface area contributed by atoms with Crippen molar-refractivity contribution in [2.45, 2.75) is 13.0 Å². The van der Waals surface area contributed by atoms with E-state index >= 15 is 0 Å². The Hall–Kier alpha value is -0.0800. The molecular weight excluding hydrogens is 64.0 g/mol. The maximum atomic E-state index is 6.40. The van der Waals surface area contributed by atoms with E-state index in [1.54, 1.807) is 0 Å². The van der Waals surface area contributed by atoms with Crippen LogP contribution < -0.4 is 11.5 Å². The first kappa shape index (κ1) is 3.12. The summed E-state index contributed by atoms with van der Waals surface area (Å²) in [6.45, 7) is 2.42. The molecular formula is C3H10N2. The summed E-state index contributed by atoms with van der Waals surface area (Å²) in [5.41, 5.74) is 7.41. The fraction of sp³-hybridized carbons (Fsp3) is 1.00. The van der Waals surface area contributed by atoms with Gasteiger partial charge >= 0.3 is 0 Å². The Morgan fingerprint density at radius 3 is 2.80 bits per heavy atom. The summed E-state index contributed by atoms with van der Waals surface area (Å²) < 4.78 is 6.40. The molecule has 4 N–H and O–H groups in total. The van der Waals surface area contributed by atoms with E-state index in [1.165, 1.54) is 0 Å². The Balaban J connectivity index is 2.63. The van der Waals surface area contributed by atoms with Gasteiger partial charge in [0.15, 0.2) is 0 Å². The predicted octanol–water partition coefficient (Wildman–Crippen LogP) is -0.708. The Labute approximate surface area is 33.6 Å². The number of rotatable bonds is 2. The summed E-state index contributed by atoms with van der Waals surface area (Å²) in [6, 6.07) is 0.0995. The molecule has 1 unspecified atom stereocenters. The van der Waals surface area contributed by atoms with Crippen molar-refractivity contribution in [3.8, 4) is 0 Å². The van der Waals surface area contributed by atoms with E-state index < -0.39 is 0 Å². The van der Waals surface area contributed by atoms with E-state index in [9.17, 15) is 0 Å². The van der Waals surface area contributed by atoms with Gasteiger partial charge in [-0.2, -0.15) is 0 Å². The van der Waals surface area contributed by atoms with Gasteiger partial charge in [0.1, 0.15) is 1.41 Å². The molecule has 0 aliphatic heterocycles. The van der Waals surface area contributed by atoms with Crippen LogP contribution in [-0.4, -0.2) is 12.6 Å². The van der Waals surface area contributed by atoms with Crippen molar-refractivity contribution < 1.29 is 1.41 Å². The molecule has 0 aromatic rings. The van der Waals surface area contributed by atoms with Crippen molar-refractivity contribution in [3.05, 3.63) is 0 Å². The molecule has 0 aromatic heterocycles. The smallest absolute Gasteiger partial charge is 0.118 e. The van der Waals surface area contributed by atoms with E-state index in [-0.39, 0.29) is 6.04 Å². The van der Waals surface area contributed by atoms with Gasteiger partial charge in [0.25, 0.3) is 0 Å². The summed E-state index contributed by atoms with van der Waals surface area (Å²) >= 11 is 0. The molecule has 2 heteroatoms. The number of hydrogen-bond donors (Lipinski definition) is 2. The molecule has 0 saturated heterocycles. The van der Waals surface area contributed by atoms with E-state index in [0.29, 0.717) is 6.54 Å². The van der Waals surface area contributed by atoms with Crippen LogP contribution in [0.1, 0.15) is 6.92 Å². The first-order valence-electron chi connectivity index (χ1n) is 2.17. The normalized spacial score (nSPS) is 17.6. The molecule has 5 heavy (non-hydrogen) atoms. The van der Waals surface area contributed by atoms with Crippen LogP contribution in [0.25, 0.3) is 0 Å². The fourth-order valence-corrected chi connectivity index (χ4v) is 0. The van der Waals surface area contributed by atoms with E-state index in [0.717, 1.165) is 0 Å². The Morgan fingerprint density at radius 1 is 2.20 bits per heavy atom. The van der Waals surface area contributed by atoms with Gasteiger partial charge in [-0.25, -0.2) is 0 Å². The summed E-state index contributed by atoms with van der Waals surface area (Å²) in [5, 5.41) is 0. The van der Waals surface area contributed by atoms with Gasteiger partial charge < -0.3 is 11.5 Å². The summed E-state index contributed by atoms with van der Waals surface area (Å²) in [6.07, 6.45) is 0. The van der Waals surface area contributed by atoms with Gasteiger partial charge in [0, 0.05) is 12.6 Å². The molecule has 0 radical (unpaired) electrons. The lowest BCUT2D eigenvalue weighted by atomic mass is 10.4. The minimum atomic E-state index is 0.0995. The standard InChI is InChI=1S/C3H10N2/c1-3(5)2-4/h3H,2,4-5H2,1H3/i/hT. The van der Waals surface area contributed by atoms with Gasteiger partial charge in [0.2, 0.25) is 0 Å². The van der Waals surface area contributed by atoms with E-state index in [2.05, 4.69) is 5.73 Å². The second-order valence-corrected chi connectivity index (χ2v) is 1.18. The highest BCUT2D eigenvalue weighted by Gasteiger charge is 1.79. The molecule has 0 spiro atoms. The largest absolute Gasteiger partial charge is 0.329 e. The zero-order valence-corrected chi connectivity index (χ0v) is 3.36. The highest BCUT2D eigenvalue weighted by molar-refractivity contribution is 4.48. The van der Waals surface area contributed by atoms with Crippen LogP contribution in [0.3, 0.4) is 0 Å². The Bertz CT molecular complexity index is 30.0. The van der Waals surface area contributed by atoms with Crippen molar-refractivity contribution in [1.29, 1.82) is 0 Å². The summed E-state index contributed by atoms with van der Waals surface area (Å²) in [7, 11) is 0. The minimum Gasteiger partial charge on any atom is -0.329 e. The molecule has 0 saturated carbocycles. The molecule has 0 fully saturated rings. The van der Waals surface area contributed by atoms with Crippen molar-refractivity contribution in [2.24, 2.45) is 11.5 Å².